The van der Waals surface area contributed by atoms with Crippen LogP contribution in [-0.4, -0.2) is 47.4 Å². The summed E-state index contributed by atoms with van der Waals surface area (Å²) >= 11 is 0. The molecular weight excluding hydrogens is 815 g/mol. The van der Waals surface area contributed by atoms with E-state index in [0.717, 1.165) is 38.5 Å². The van der Waals surface area contributed by atoms with Gasteiger partial charge in [0.25, 0.3) is 0 Å². The number of esters is 1. The van der Waals surface area contributed by atoms with Crippen molar-refractivity contribution in [2.45, 2.75) is 347 Å². The van der Waals surface area contributed by atoms with E-state index in [1.165, 1.54) is 263 Å². The Labute approximate surface area is 412 Å². The van der Waals surface area contributed by atoms with Crippen LogP contribution in [0.2, 0.25) is 0 Å². The Hall–Kier alpha value is -1.40. The summed E-state index contributed by atoms with van der Waals surface area (Å²) in [4.78, 5) is 24.5. The Morgan fingerprint density at radius 1 is 0.409 bits per heavy atom. The summed E-state index contributed by atoms with van der Waals surface area (Å²) in [5, 5.41) is 23.3. The molecule has 0 rings (SSSR count). The Morgan fingerprint density at radius 2 is 0.712 bits per heavy atom. The Balaban J connectivity index is 3.41. The number of amides is 1. The highest BCUT2D eigenvalue weighted by atomic mass is 16.5. The largest absolute Gasteiger partial charge is 0.466 e. The van der Waals surface area contributed by atoms with Crippen LogP contribution in [0.25, 0.3) is 0 Å². The van der Waals surface area contributed by atoms with Crippen LogP contribution in [0, 0.1) is 0 Å². The lowest BCUT2D eigenvalue weighted by Crippen LogP contribution is -2.45. The first-order valence-corrected chi connectivity index (χ1v) is 29.9. The van der Waals surface area contributed by atoms with Crippen molar-refractivity contribution in [3.05, 3.63) is 12.2 Å². The summed E-state index contributed by atoms with van der Waals surface area (Å²) in [7, 11) is 0. The molecule has 6 heteroatoms. The highest BCUT2D eigenvalue weighted by molar-refractivity contribution is 5.76. The van der Waals surface area contributed by atoms with Crippen LogP contribution in [0.3, 0.4) is 0 Å². The number of hydrogen-bond donors (Lipinski definition) is 3. The lowest BCUT2D eigenvalue weighted by molar-refractivity contribution is -0.143. The van der Waals surface area contributed by atoms with Gasteiger partial charge in [-0.3, -0.25) is 9.59 Å². The summed E-state index contributed by atoms with van der Waals surface area (Å²) < 4.78 is 5.46. The molecule has 6 nitrogen and oxygen atoms in total. The van der Waals surface area contributed by atoms with Gasteiger partial charge in [-0.1, -0.05) is 283 Å². The van der Waals surface area contributed by atoms with Gasteiger partial charge in [0.2, 0.25) is 5.91 Å². The molecule has 0 bridgehead atoms. The molecule has 2 atom stereocenters. The van der Waals surface area contributed by atoms with E-state index in [9.17, 15) is 19.8 Å². The smallest absolute Gasteiger partial charge is 0.305 e. The number of aliphatic hydroxyl groups is 2. The number of carbonyl (C=O) groups is 2. The van der Waals surface area contributed by atoms with E-state index in [1.807, 2.05) is 0 Å². The molecule has 0 saturated carbocycles. The fraction of sp³-hybridized carbons (Fsp3) is 0.933. The zero-order chi connectivity index (χ0) is 47.9. The first-order valence-electron chi connectivity index (χ1n) is 29.9. The number of allylic oxidation sites excluding steroid dienone is 2. The zero-order valence-electron chi connectivity index (χ0n) is 44.7. The van der Waals surface area contributed by atoms with Crippen molar-refractivity contribution in [1.82, 2.24) is 5.32 Å². The van der Waals surface area contributed by atoms with Crippen molar-refractivity contribution in [1.29, 1.82) is 0 Å². The summed E-state index contributed by atoms with van der Waals surface area (Å²) in [6.07, 6.45) is 66.4. The molecule has 0 aliphatic heterocycles. The zero-order valence-corrected chi connectivity index (χ0v) is 44.7. The first kappa shape index (κ1) is 64.6. The summed E-state index contributed by atoms with van der Waals surface area (Å²) in [5.41, 5.74) is 0. The third kappa shape index (κ3) is 52.0. The van der Waals surface area contributed by atoms with Gasteiger partial charge in [-0.05, 0) is 51.4 Å². The van der Waals surface area contributed by atoms with E-state index in [1.54, 1.807) is 0 Å². The highest BCUT2D eigenvalue weighted by Crippen LogP contribution is 2.17. The third-order valence-electron chi connectivity index (χ3n) is 14.1. The molecule has 0 aromatic carbocycles. The van der Waals surface area contributed by atoms with E-state index < -0.39 is 12.1 Å². The maximum absolute atomic E-state index is 12.5. The molecule has 0 aliphatic carbocycles. The van der Waals surface area contributed by atoms with E-state index in [-0.39, 0.29) is 18.5 Å². The van der Waals surface area contributed by atoms with Gasteiger partial charge in [0.05, 0.1) is 25.4 Å². The minimum Gasteiger partial charge on any atom is -0.466 e. The Morgan fingerprint density at radius 3 is 1.08 bits per heavy atom. The average molecular weight is 933 g/mol. The number of ether oxygens (including phenoxy) is 1. The van der Waals surface area contributed by atoms with Crippen LogP contribution in [0.5, 0.6) is 0 Å². The van der Waals surface area contributed by atoms with Gasteiger partial charge in [-0.2, -0.15) is 0 Å². The van der Waals surface area contributed by atoms with E-state index in [0.29, 0.717) is 25.9 Å². The molecule has 1 amide bonds. The minimum absolute atomic E-state index is 0.0117. The van der Waals surface area contributed by atoms with Crippen molar-refractivity contribution in [3.8, 4) is 0 Å². The number of aliphatic hydroxyl groups excluding tert-OH is 2. The molecule has 3 N–H and O–H groups in total. The molecule has 0 saturated heterocycles. The predicted molar refractivity (Wildman–Crippen MR) is 287 cm³/mol. The highest BCUT2D eigenvalue weighted by Gasteiger charge is 2.20. The second-order valence-corrected chi connectivity index (χ2v) is 20.7. The third-order valence-corrected chi connectivity index (χ3v) is 14.1. The molecule has 0 heterocycles. The second kappa shape index (κ2) is 56.2. The molecule has 0 spiro atoms. The van der Waals surface area contributed by atoms with E-state index in [2.05, 4.69) is 31.3 Å². The standard InChI is InChI=1S/C60H117NO5/c1-3-5-7-9-11-13-15-16-26-29-33-36-40-44-48-52-58(63)57(56-62)61-59(64)53-49-45-41-37-34-30-27-24-22-20-18-17-19-21-23-25-28-31-35-39-43-47-51-55-66-60(65)54-50-46-42-38-32-14-12-10-8-6-4-2/h20,22,57-58,62-63H,3-19,21,23-56H2,1-2H3,(H,61,64)/b22-20-. The van der Waals surface area contributed by atoms with Gasteiger partial charge in [0, 0.05) is 12.8 Å². The number of rotatable bonds is 56. The summed E-state index contributed by atoms with van der Waals surface area (Å²) in [5.74, 6) is -0.0274. The minimum atomic E-state index is -0.667. The van der Waals surface area contributed by atoms with Crippen molar-refractivity contribution in [2.75, 3.05) is 13.2 Å². The summed E-state index contributed by atoms with van der Waals surface area (Å²) in [6.45, 7) is 4.96. The summed E-state index contributed by atoms with van der Waals surface area (Å²) in [6, 6.07) is -0.545. The van der Waals surface area contributed by atoms with Gasteiger partial charge in [-0.25, -0.2) is 0 Å². The monoisotopic (exact) mass is 932 g/mol. The molecule has 66 heavy (non-hydrogen) atoms. The maximum Gasteiger partial charge on any atom is 0.305 e. The first-order chi connectivity index (χ1) is 32.5. The van der Waals surface area contributed by atoms with Crippen LogP contribution in [0.1, 0.15) is 335 Å². The lowest BCUT2D eigenvalue weighted by Gasteiger charge is -2.22. The lowest BCUT2D eigenvalue weighted by atomic mass is 10.0. The number of hydrogen-bond acceptors (Lipinski definition) is 5. The van der Waals surface area contributed by atoms with Gasteiger partial charge >= 0.3 is 5.97 Å². The van der Waals surface area contributed by atoms with Gasteiger partial charge in [-0.15, -0.1) is 0 Å². The van der Waals surface area contributed by atoms with Crippen LogP contribution in [-0.2, 0) is 14.3 Å². The van der Waals surface area contributed by atoms with Gasteiger partial charge < -0.3 is 20.3 Å². The number of carbonyl (C=O) groups excluding carboxylic acids is 2. The number of unbranched alkanes of at least 4 members (excludes halogenated alkanes) is 43. The predicted octanol–water partition coefficient (Wildman–Crippen LogP) is 18.5. The Kier molecular flexibility index (Phi) is 55.0. The molecule has 0 fully saturated rings. The SMILES string of the molecule is CCCCCCCCCCCCCCCCCC(O)C(CO)NC(=O)CCCCCCCCC/C=C\CCCCCCCCCCCCCCOC(=O)CCCCCCCCCCCCC. The normalized spacial score (nSPS) is 12.6. The molecular formula is C60H117NO5. The number of nitrogens with one attached hydrogen (secondary N) is 1. The van der Waals surface area contributed by atoms with Crippen molar-refractivity contribution in [2.24, 2.45) is 0 Å². The molecule has 0 aromatic heterocycles. The molecule has 2 unspecified atom stereocenters. The molecule has 392 valence electrons. The molecule has 0 aromatic rings. The van der Waals surface area contributed by atoms with E-state index in [4.69, 9.17) is 4.74 Å². The quantitative estimate of drug-likeness (QED) is 0.0321. The van der Waals surface area contributed by atoms with Crippen LogP contribution >= 0.6 is 0 Å². The van der Waals surface area contributed by atoms with Gasteiger partial charge in [0.1, 0.15) is 0 Å². The molecule has 0 aliphatic rings. The molecule has 0 radical (unpaired) electrons. The second-order valence-electron chi connectivity index (χ2n) is 20.7. The Bertz CT molecular complexity index is 986. The topological polar surface area (TPSA) is 95.9 Å². The van der Waals surface area contributed by atoms with Crippen LogP contribution in [0.15, 0.2) is 12.2 Å². The van der Waals surface area contributed by atoms with Gasteiger partial charge in [0.15, 0.2) is 0 Å². The van der Waals surface area contributed by atoms with Crippen molar-refractivity contribution >= 4 is 11.9 Å². The maximum atomic E-state index is 12.5. The van der Waals surface area contributed by atoms with E-state index >= 15 is 0 Å². The fourth-order valence-corrected chi connectivity index (χ4v) is 9.46. The van der Waals surface area contributed by atoms with Crippen LogP contribution < -0.4 is 5.32 Å². The average Bonchev–Trinajstić information content (AvgIpc) is 3.32. The van der Waals surface area contributed by atoms with Crippen molar-refractivity contribution < 1.29 is 24.5 Å². The van der Waals surface area contributed by atoms with Crippen LogP contribution in [0.4, 0.5) is 0 Å². The van der Waals surface area contributed by atoms with Crippen molar-refractivity contribution in [3.63, 3.8) is 0 Å². The fourth-order valence-electron chi connectivity index (χ4n) is 9.46.